The second-order valence-electron chi connectivity index (χ2n) is 6.52. The van der Waals surface area contributed by atoms with E-state index < -0.39 is 10.0 Å². The number of sulfonamides is 1. The lowest BCUT2D eigenvalue weighted by atomic mass is 9.91. The molecule has 26 heavy (non-hydrogen) atoms. The highest BCUT2D eigenvalue weighted by molar-refractivity contribution is 7.92. The van der Waals surface area contributed by atoms with Crippen LogP contribution in [0.3, 0.4) is 0 Å². The largest absolute Gasteiger partial charge is 0.360 e. The predicted octanol–water partition coefficient (Wildman–Crippen LogP) is 2.41. The van der Waals surface area contributed by atoms with Crippen molar-refractivity contribution in [3.63, 3.8) is 0 Å². The van der Waals surface area contributed by atoms with Crippen LogP contribution in [0.5, 0.6) is 0 Å². The van der Waals surface area contributed by atoms with Crippen molar-refractivity contribution in [1.82, 2.24) is 19.9 Å². The number of aromatic nitrogens is 4. The first-order valence-electron chi connectivity index (χ1n) is 8.36. The normalized spacial score (nSPS) is 17.1. The van der Waals surface area contributed by atoms with Crippen LogP contribution in [0.25, 0.3) is 0 Å². The molecule has 1 atom stereocenters. The summed E-state index contributed by atoms with van der Waals surface area (Å²) < 4.78 is 34.8. The number of rotatable bonds is 4. The Morgan fingerprint density at radius 2 is 2.00 bits per heavy atom. The summed E-state index contributed by atoms with van der Waals surface area (Å²) >= 11 is 0. The van der Waals surface area contributed by atoms with Gasteiger partial charge in [0.15, 0.2) is 10.7 Å². The molecule has 0 saturated heterocycles. The summed E-state index contributed by atoms with van der Waals surface area (Å²) in [6.07, 6.45) is 3.65. The lowest BCUT2D eigenvalue weighted by molar-refractivity contribution is 0.390. The van der Waals surface area contributed by atoms with Crippen LogP contribution in [0.15, 0.2) is 40.0 Å². The Labute approximate surface area is 151 Å². The van der Waals surface area contributed by atoms with Crippen molar-refractivity contribution in [2.24, 2.45) is 0 Å². The van der Waals surface area contributed by atoms with Gasteiger partial charge < -0.3 is 9.09 Å². The van der Waals surface area contributed by atoms with E-state index in [0.29, 0.717) is 17.3 Å². The van der Waals surface area contributed by atoms with E-state index in [9.17, 15) is 8.42 Å². The standard InChI is InChI=1S/C17H19N5O3S/c1-11-17(12(2)25-20-11)26(23,24)21-15-6-3-13(4-7-15)14-5-8-16-19-18-10-22(16)9-14/h3-4,6-7,10,14,21H,5,8-9H2,1-2H3/t14-/m1/s1. The van der Waals surface area contributed by atoms with Crippen molar-refractivity contribution in [1.29, 1.82) is 0 Å². The summed E-state index contributed by atoms with van der Waals surface area (Å²) in [4.78, 5) is 0.0917. The van der Waals surface area contributed by atoms with Crippen LogP contribution in [0.4, 0.5) is 5.69 Å². The molecule has 0 spiro atoms. The summed E-state index contributed by atoms with van der Waals surface area (Å²) in [5.41, 5.74) is 2.03. The van der Waals surface area contributed by atoms with Crippen molar-refractivity contribution < 1.29 is 12.9 Å². The van der Waals surface area contributed by atoms with Gasteiger partial charge in [-0.1, -0.05) is 17.3 Å². The second kappa shape index (κ2) is 6.24. The fraction of sp³-hybridized carbons (Fsp3) is 0.353. The van der Waals surface area contributed by atoms with E-state index in [2.05, 4.69) is 24.6 Å². The predicted molar refractivity (Wildman–Crippen MR) is 94.3 cm³/mol. The molecule has 0 amide bonds. The first-order chi connectivity index (χ1) is 12.4. The maximum Gasteiger partial charge on any atom is 0.267 e. The first-order valence-corrected chi connectivity index (χ1v) is 9.84. The summed E-state index contributed by atoms with van der Waals surface area (Å²) in [6, 6.07) is 7.50. The Kier molecular flexibility index (Phi) is 4.03. The molecule has 4 rings (SSSR count). The summed E-state index contributed by atoms with van der Waals surface area (Å²) in [5, 5.41) is 11.8. The number of aryl methyl sites for hydroxylation is 3. The number of nitrogens with zero attached hydrogens (tertiary/aromatic N) is 4. The average Bonchev–Trinajstić information content (AvgIpc) is 3.21. The molecule has 136 valence electrons. The molecule has 3 heterocycles. The molecule has 0 bridgehead atoms. The molecule has 9 heteroatoms. The van der Waals surface area contributed by atoms with Crippen molar-refractivity contribution in [2.45, 2.75) is 44.0 Å². The highest BCUT2D eigenvalue weighted by atomic mass is 32.2. The maximum absolute atomic E-state index is 12.6. The van der Waals surface area contributed by atoms with Gasteiger partial charge in [-0.05, 0) is 38.0 Å². The number of fused-ring (bicyclic) bond motifs is 1. The smallest absolute Gasteiger partial charge is 0.267 e. The summed E-state index contributed by atoms with van der Waals surface area (Å²) in [5.74, 6) is 1.66. The van der Waals surface area contributed by atoms with Crippen LogP contribution in [0, 0.1) is 13.8 Å². The summed E-state index contributed by atoms with van der Waals surface area (Å²) in [7, 11) is -3.73. The van der Waals surface area contributed by atoms with Gasteiger partial charge >= 0.3 is 0 Å². The van der Waals surface area contributed by atoms with Crippen molar-refractivity contribution >= 4 is 15.7 Å². The first kappa shape index (κ1) is 16.8. The molecule has 0 fully saturated rings. The zero-order valence-corrected chi connectivity index (χ0v) is 15.3. The number of benzene rings is 1. The van der Waals surface area contributed by atoms with Gasteiger partial charge in [0.05, 0.1) is 0 Å². The molecule has 2 aromatic heterocycles. The van der Waals surface area contributed by atoms with E-state index in [0.717, 1.165) is 25.2 Å². The van der Waals surface area contributed by atoms with Crippen molar-refractivity contribution in [2.75, 3.05) is 4.72 Å². The van der Waals surface area contributed by atoms with Crippen LogP contribution in [0.1, 0.15) is 35.2 Å². The van der Waals surface area contributed by atoms with E-state index in [4.69, 9.17) is 4.52 Å². The number of anilines is 1. The van der Waals surface area contributed by atoms with Gasteiger partial charge in [0, 0.05) is 24.6 Å². The van der Waals surface area contributed by atoms with Gasteiger partial charge in [0.1, 0.15) is 17.8 Å². The van der Waals surface area contributed by atoms with Gasteiger partial charge in [-0.2, -0.15) is 0 Å². The van der Waals surface area contributed by atoms with E-state index in [-0.39, 0.29) is 10.7 Å². The maximum atomic E-state index is 12.6. The lowest BCUT2D eigenvalue weighted by Gasteiger charge is -2.23. The third-order valence-electron chi connectivity index (χ3n) is 4.70. The SMILES string of the molecule is Cc1noc(C)c1S(=O)(=O)Nc1ccc([C@@H]2CCc3nncn3C2)cc1. The van der Waals surface area contributed by atoms with Gasteiger partial charge in [-0.25, -0.2) is 8.42 Å². The lowest BCUT2D eigenvalue weighted by Crippen LogP contribution is -2.18. The third kappa shape index (κ3) is 2.98. The Balaban J connectivity index is 1.52. The zero-order valence-electron chi connectivity index (χ0n) is 14.5. The molecule has 0 saturated carbocycles. The monoisotopic (exact) mass is 373 g/mol. The molecular weight excluding hydrogens is 354 g/mol. The van der Waals surface area contributed by atoms with Gasteiger partial charge in [0.2, 0.25) is 0 Å². The van der Waals surface area contributed by atoms with Crippen LogP contribution >= 0.6 is 0 Å². The molecule has 0 aliphatic carbocycles. The van der Waals surface area contributed by atoms with Crippen LogP contribution in [0.2, 0.25) is 0 Å². The van der Waals surface area contributed by atoms with Crippen LogP contribution in [-0.2, 0) is 23.0 Å². The molecule has 1 aromatic carbocycles. The molecular formula is C17H19N5O3S. The van der Waals surface area contributed by atoms with Gasteiger partial charge in [-0.15, -0.1) is 10.2 Å². The Morgan fingerprint density at radius 3 is 2.69 bits per heavy atom. The molecule has 0 unspecified atom stereocenters. The topological polar surface area (TPSA) is 103 Å². The van der Waals surface area contributed by atoms with E-state index >= 15 is 0 Å². The molecule has 3 aromatic rings. The Hall–Kier alpha value is -2.68. The molecule has 0 radical (unpaired) electrons. The minimum atomic E-state index is -3.73. The van der Waals surface area contributed by atoms with Gasteiger partial charge in [-0.3, -0.25) is 4.72 Å². The van der Waals surface area contributed by atoms with Crippen molar-refractivity contribution in [3.8, 4) is 0 Å². The highest BCUT2D eigenvalue weighted by Crippen LogP contribution is 2.29. The highest BCUT2D eigenvalue weighted by Gasteiger charge is 2.25. The average molecular weight is 373 g/mol. The quantitative estimate of drug-likeness (QED) is 0.753. The second-order valence-corrected chi connectivity index (χ2v) is 8.14. The minimum Gasteiger partial charge on any atom is -0.360 e. The van der Waals surface area contributed by atoms with Crippen LogP contribution in [-0.4, -0.2) is 28.3 Å². The van der Waals surface area contributed by atoms with Crippen LogP contribution < -0.4 is 4.72 Å². The number of nitrogens with one attached hydrogen (secondary N) is 1. The summed E-state index contributed by atoms with van der Waals surface area (Å²) in [6.45, 7) is 4.03. The molecule has 1 N–H and O–H groups in total. The minimum absolute atomic E-state index is 0.0917. The fourth-order valence-corrected chi connectivity index (χ4v) is 4.81. The van der Waals surface area contributed by atoms with E-state index in [1.807, 2.05) is 12.1 Å². The van der Waals surface area contributed by atoms with E-state index in [1.165, 1.54) is 5.56 Å². The number of hydrogen-bond donors (Lipinski definition) is 1. The third-order valence-corrected chi connectivity index (χ3v) is 6.32. The number of hydrogen-bond acceptors (Lipinski definition) is 6. The van der Waals surface area contributed by atoms with Gasteiger partial charge in [0.25, 0.3) is 10.0 Å². The fourth-order valence-electron chi connectivity index (χ4n) is 3.42. The molecule has 1 aliphatic rings. The molecule has 8 nitrogen and oxygen atoms in total. The molecule has 1 aliphatic heterocycles. The van der Waals surface area contributed by atoms with Crippen molar-refractivity contribution in [3.05, 3.63) is 53.4 Å². The van der Waals surface area contributed by atoms with E-state index in [1.54, 1.807) is 32.3 Å². The Bertz CT molecular complexity index is 1020. The zero-order chi connectivity index (χ0) is 18.3. The Morgan fingerprint density at radius 1 is 1.23 bits per heavy atom.